The molecule has 1 unspecified atom stereocenters. The van der Waals surface area contributed by atoms with Crippen molar-refractivity contribution in [3.63, 3.8) is 0 Å². The number of nitrogens with zero attached hydrogens (tertiary/aromatic N) is 1. The number of carbonyl (C=O) groups is 1. The zero-order chi connectivity index (χ0) is 21.5. The summed E-state index contributed by atoms with van der Waals surface area (Å²) in [7, 11) is 1.69. The van der Waals surface area contributed by atoms with Crippen LogP contribution in [0, 0.1) is 0 Å². The first-order valence-corrected chi connectivity index (χ1v) is 11.4. The number of rotatable bonds is 6. The Kier molecular flexibility index (Phi) is 7.43. The third kappa shape index (κ3) is 5.77. The molecule has 2 N–H and O–H groups in total. The lowest BCUT2D eigenvalue weighted by Crippen LogP contribution is -3.13. The van der Waals surface area contributed by atoms with Crippen molar-refractivity contribution in [3.8, 4) is 5.75 Å². The monoisotopic (exact) mass is 424 g/mol. The quantitative estimate of drug-likeness (QED) is 0.749. The largest absolute Gasteiger partial charge is 0.497 e. The van der Waals surface area contributed by atoms with E-state index in [0.29, 0.717) is 12.6 Å². The lowest BCUT2D eigenvalue weighted by Gasteiger charge is -2.29. The van der Waals surface area contributed by atoms with Crippen LogP contribution in [0.3, 0.4) is 0 Å². The number of ether oxygens (including phenoxy) is 2. The summed E-state index contributed by atoms with van der Waals surface area (Å²) in [5.74, 6) is 0.951. The number of quaternary nitrogens is 1. The van der Waals surface area contributed by atoms with Crippen LogP contribution in [-0.2, 0) is 9.53 Å². The van der Waals surface area contributed by atoms with Gasteiger partial charge in [-0.15, -0.1) is 0 Å². The molecule has 2 aromatic rings. The maximum Gasteiger partial charge on any atom is 0.279 e. The Morgan fingerprint density at radius 2 is 1.81 bits per heavy atom. The molecule has 2 heterocycles. The summed E-state index contributed by atoms with van der Waals surface area (Å²) in [6, 6.07) is 16.9. The summed E-state index contributed by atoms with van der Waals surface area (Å²) in [5.41, 5.74) is 3.33. The summed E-state index contributed by atoms with van der Waals surface area (Å²) in [5, 5.41) is 3.11. The van der Waals surface area contributed by atoms with Crippen LogP contribution in [0.2, 0.25) is 0 Å². The van der Waals surface area contributed by atoms with Crippen LogP contribution in [0.25, 0.3) is 0 Å². The number of nitrogens with one attached hydrogen (secondary N) is 2. The van der Waals surface area contributed by atoms with E-state index in [2.05, 4.69) is 34.5 Å². The van der Waals surface area contributed by atoms with Gasteiger partial charge in [0.2, 0.25) is 0 Å². The zero-order valence-corrected chi connectivity index (χ0v) is 18.4. The van der Waals surface area contributed by atoms with Crippen molar-refractivity contribution in [2.24, 2.45) is 0 Å². The SMILES string of the molecule is COc1ccc([C@H]2CCCCC[NH+]2CC(=O)Nc2ccc(N3CCOCC3)cc2)cc1. The molecule has 4 rings (SSSR count). The van der Waals surface area contributed by atoms with Gasteiger partial charge < -0.3 is 24.6 Å². The molecule has 0 saturated carbocycles. The van der Waals surface area contributed by atoms with Gasteiger partial charge in [-0.25, -0.2) is 0 Å². The normalized spacial score (nSPS) is 21.9. The van der Waals surface area contributed by atoms with Crippen molar-refractivity contribution in [2.75, 3.05) is 56.7 Å². The minimum Gasteiger partial charge on any atom is -0.497 e. The second kappa shape index (κ2) is 10.6. The fourth-order valence-electron chi connectivity index (χ4n) is 4.69. The molecule has 0 radical (unpaired) electrons. The number of hydrogen-bond acceptors (Lipinski definition) is 4. The Balaban J connectivity index is 1.38. The average molecular weight is 425 g/mol. The number of carbonyl (C=O) groups excluding carboxylic acids is 1. The molecule has 2 aromatic carbocycles. The van der Waals surface area contributed by atoms with Gasteiger partial charge in [-0.3, -0.25) is 4.79 Å². The molecule has 2 aliphatic rings. The second-order valence-corrected chi connectivity index (χ2v) is 8.45. The average Bonchev–Trinajstić information content (AvgIpc) is 3.05. The number of benzene rings is 2. The molecule has 2 aliphatic heterocycles. The smallest absolute Gasteiger partial charge is 0.279 e. The summed E-state index contributed by atoms with van der Waals surface area (Å²) in [4.78, 5) is 16.5. The van der Waals surface area contributed by atoms with Crippen molar-refractivity contribution >= 4 is 17.3 Å². The standard InChI is InChI=1S/C25H33N3O3/c1-30-23-12-6-20(7-13-23)24-5-3-2-4-14-28(24)19-25(29)26-21-8-10-22(11-9-21)27-15-17-31-18-16-27/h6-13,24H,2-5,14-19H2,1H3,(H,26,29)/p+1/t24-/m1/s1. The number of anilines is 2. The van der Waals surface area contributed by atoms with Crippen LogP contribution < -0.4 is 19.9 Å². The number of morpholine rings is 1. The minimum atomic E-state index is 0.0783. The molecule has 0 aromatic heterocycles. The first-order chi connectivity index (χ1) is 15.2. The van der Waals surface area contributed by atoms with Crippen molar-refractivity contribution < 1.29 is 19.2 Å². The van der Waals surface area contributed by atoms with Crippen LogP contribution in [0.4, 0.5) is 11.4 Å². The van der Waals surface area contributed by atoms with Gasteiger partial charge in [0.25, 0.3) is 5.91 Å². The number of methoxy groups -OCH3 is 1. The van der Waals surface area contributed by atoms with Gasteiger partial charge in [-0.1, -0.05) is 0 Å². The lowest BCUT2D eigenvalue weighted by atomic mass is 10.0. The van der Waals surface area contributed by atoms with E-state index in [0.717, 1.165) is 50.7 Å². The van der Waals surface area contributed by atoms with E-state index in [1.807, 2.05) is 24.3 Å². The third-order valence-electron chi connectivity index (χ3n) is 6.42. The van der Waals surface area contributed by atoms with Gasteiger partial charge in [-0.2, -0.15) is 0 Å². The molecule has 0 aliphatic carbocycles. The third-order valence-corrected chi connectivity index (χ3v) is 6.42. The molecule has 31 heavy (non-hydrogen) atoms. The van der Waals surface area contributed by atoms with Crippen LogP contribution in [0.1, 0.15) is 37.3 Å². The van der Waals surface area contributed by atoms with Gasteiger partial charge in [0.05, 0.1) is 26.9 Å². The van der Waals surface area contributed by atoms with Gasteiger partial charge in [0.15, 0.2) is 6.54 Å². The Morgan fingerprint density at radius 3 is 2.52 bits per heavy atom. The molecular formula is C25H34N3O3+. The molecule has 6 heteroatoms. The molecule has 0 spiro atoms. The van der Waals surface area contributed by atoms with E-state index in [4.69, 9.17) is 9.47 Å². The van der Waals surface area contributed by atoms with E-state index < -0.39 is 0 Å². The molecule has 2 saturated heterocycles. The first-order valence-electron chi connectivity index (χ1n) is 11.4. The zero-order valence-electron chi connectivity index (χ0n) is 18.4. The first kappa shape index (κ1) is 21.7. The van der Waals surface area contributed by atoms with Gasteiger partial charge in [-0.05, 0) is 67.8 Å². The topological polar surface area (TPSA) is 55.2 Å². The fourth-order valence-corrected chi connectivity index (χ4v) is 4.69. The van der Waals surface area contributed by atoms with Crippen LogP contribution >= 0.6 is 0 Å². The molecule has 0 bridgehead atoms. The second-order valence-electron chi connectivity index (χ2n) is 8.45. The summed E-state index contributed by atoms with van der Waals surface area (Å²) in [6.07, 6.45) is 4.73. The molecular weight excluding hydrogens is 390 g/mol. The highest BCUT2D eigenvalue weighted by molar-refractivity contribution is 5.91. The Hall–Kier alpha value is -2.57. The van der Waals surface area contributed by atoms with Crippen molar-refractivity contribution in [1.82, 2.24) is 0 Å². The maximum atomic E-state index is 12.9. The van der Waals surface area contributed by atoms with Crippen LogP contribution in [0.5, 0.6) is 5.75 Å². The fraction of sp³-hybridized carbons (Fsp3) is 0.480. The summed E-state index contributed by atoms with van der Waals surface area (Å²) >= 11 is 0. The molecule has 2 fully saturated rings. The minimum absolute atomic E-state index is 0.0783. The highest BCUT2D eigenvalue weighted by Gasteiger charge is 2.28. The Bertz CT molecular complexity index is 832. The highest BCUT2D eigenvalue weighted by Crippen LogP contribution is 2.22. The highest BCUT2D eigenvalue weighted by atomic mass is 16.5. The molecule has 6 nitrogen and oxygen atoms in total. The predicted octanol–water partition coefficient (Wildman–Crippen LogP) is 2.67. The Morgan fingerprint density at radius 1 is 1.06 bits per heavy atom. The number of amides is 1. The van der Waals surface area contributed by atoms with Gasteiger partial charge in [0.1, 0.15) is 11.8 Å². The van der Waals surface area contributed by atoms with Gasteiger partial charge in [0, 0.05) is 36.4 Å². The van der Waals surface area contributed by atoms with Crippen molar-refractivity contribution in [3.05, 3.63) is 54.1 Å². The van der Waals surface area contributed by atoms with E-state index in [9.17, 15) is 4.79 Å². The molecule has 2 atom stereocenters. The van der Waals surface area contributed by atoms with Crippen molar-refractivity contribution in [2.45, 2.75) is 31.7 Å². The predicted molar refractivity (Wildman–Crippen MR) is 123 cm³/mol. The molecule has 166 valence electrons. The van der Waals surface area contributed by atoms with Crippen molar-refractivity contribution in [1.29, 1.82) is 0 Å². The van der Waals surface area contributed by atoms with E-state index in [1.165, 1.54) is 35.4 Å². The van der Waals surface area contributed by atoms with Gasteiger partial charge >= 0.3 is 0 Å². The summed E-state index contributed by atoms with van der Waals surface area (Å²) in [6.45, 7) is 4.88. The Labute approximate surface area is 185 Å². The van der Waals surface area contributed by atoms with Crippen LogP contribution in [0.15, 0.2) is 48.5 Å². The van der Waals surface area contributed by atoms with E-state index in [1.54, 1.807) is 7.11 Å². The number of hydrogen-bond donors (Lipinski definition) is 2. The number of likely N-dealkylation sites (tertiary alicyclic amines) is 1. The maximum absolute atomic E-state index is 12.9. The van der Waals surface area contributed by atoms with Crippen LogP contribution in [-0.4, -0.2) is 52.4 Å². The summed E-state index contributed by atoms with van der Waals surface area (Å²) < 4.78 is 10.7. The van der Waals surface area contributed by atoms with E-state index in [-0.39, 0.29) is 5.91 Å². The lowest BCUT2D eigenvalue weighted by molar-refractivity contribution is -0.923. The molecule has 1 amide bonds. The van der Waals surface area contributed by atoms with E-state index >= 15 is 0 Å².